The first kappa shape index (κ1) is 12.9. The van der Waals surface area contributed by atoms with Crippen LogP contribution in [-0.4, -0.2) is 40.9 Å². The summed E-state index contributed by atoms with van der Waals surface area (Å²) >= 11 is 0. The summed E-state index contributed by atoms with van der Waals surface area (Å²) in [6.45, 7) is 5.49. The molecule has 2 aliphatic rings. The summed E-state index contributed by atoms with van der Waals surface area (Å²) in [4.78, 5) is 15.0. The summed E-state index contributed by atoms with van der Waals surface area (Å²) in [5, 5.41) is 3.22. The molecule has 0 saturated carbocycles. The summed E-state index contributed by atoms with van der Waals surface area (Å²) in [5.41, 5.74) is 3.03. The van der Waals surface area contributed by atoms with Gasteiger partial charge in [0.05, 0.1) is 5.56 Å². The van der Waals surface area contributed by atoms with Crippen molar-refractivity contribution in [1.82, 2.24) is 14.6 Å². The van der Waals surface area contributed by atoms with E-state index in [2.05, 4.69) is 33.7 Å². The fourth-order valence-electron chi connectivity index (χ4n) is 3.81. The number of carbonyl (C=O) groups excluding carboxylic acids is 1. The number of piperidine rings is 1. The van der Waals surface area contributed by atoms with Gasteiger partial charge >= 0.3 is 0 Å². The van der Waals surface area contributed by atoms with E-state index in [-0.39, 0.29) is 5.91 Å². The topological polar surface area (TPSA) is 36.8 Å². The molecule has 2 aromatic heterocycles. The zero-order chi connectivity index (χ0) is 14.4. The maximum absolute atomic E-state index is 12.5. The molecule has 2 aromatic rings. The number of rotatable bonds is 2. The molecule has 0 aliphatic carbocycles. The molecule has 0 radical (unpaired) electrons. The number of pyridine rings is 1. The molecule has 2 unspecified atom stereocenters. The predicted molar refractivity (Wildman–Crippen MR) is 82.6 cm³/mol. The summed E-state index contributed by atoms with van der Waals surface area (Å²) in [6, 6.07) is 8.38. The maximum atomic E-state index is 12.5. The Bertz CT molecular complexity index is 678. The van der Waals surface area contributed by atoms with E-state index in [1.165, 1.54) is 19.5 Å². The summed E-state index contributed by atoms with van der Waals surface area (Å²) in [6.07, 6.45) is 4.37. The van der Waals surface area contributed by atoms with E-state index in [4.69, 9.17) is 0 Å². The summed E-state index contributed by atoms with van der Waals surface area (Å²) in [5.74, 6) is 0.829. The fraction of sp³-hybridized carbons (Fsp3) is 0.471. The molecule has 2 aliphatic heterocycles. The number of hydrogen-bond acceptors (Lipinski definition) is 2. The Kier molecular flexibility index (Phi) is 3.00. The SMILES string of the molecule is Cc1ccc2ccc(C(=O)N[C@@H]3CC4CCN(C4)C3)cn12. The lowest BCUT2D eigenvalue weighted by Crippen LogP contribution is -2.47. The van der Waals surface area contributed by atoms with Crippen LogP contribution in [0.2, 0.25) is 0 Å². The Morgan fingerprint density at radius 1 is 1.24 bits per heavy atom. The normalized spacial score (nSPS) is 28.0. The van der Waals surface area contributed by atoms with E-state index in [9.17, 15) is 4.79 Å². The molecule has 2 saturated heterocycles. The van der Waals surface area contributed by atoms with Crippen LogP contribution >= 0.6 is 0 Å². The van der Waals surface area contributed by atoms with Gasteiger partial charge < -0.3 is 14.6 Å². The number of hydrogen-bond donors (Lipinski definition) is 1. The van der Waals surface area contributed by atoms with Crippen molar-refractivity contribution in [1.29, 1.82) is 0 Å². The Hall–Kier alpha value is -1.81. The molecule has 4 heteroatoms. The fourth-order valence-corrected chi connectivity index (χ4v) is 3.81. The molecule has 110 valence electrons. The molecule has 4 heterocycles. The van der Waals surface area contributed by atoms with Gasteiger partial charge in [0, 0.05) is 36.5 Å². The van der Waals surface area contributed by atoms with Gasteiger partial charge in [0.1, 0.15) is 0 Å². The summed E-state index contributed by atoms with van der Waals surface area (Å²) in [7, 11) is 0. The van der Waals surface area contributed by atoms with Gasteiger partial charge in [-0.2, -0.15) is 0 Å². The minimum atomic E-state index is 0.0532. The zero-order valence-electron chi connectivity index (χ0n) is 12.4. The number of fused-ring (bicyclic) bond motifs is 3. The number of carbonyl (C=O) groups is 1. The van der Waals surface area contributed by atoms with E-state index in [0.29, 0.717) is 6.04 Å². The Balaban J connectivity index is 1.52. The molecule has 3 atom stereocenters. The molecule has 0 spiro atoms. The third kappa shape index (κ3) is 2.33. The highest BCUT2D eigenvalue weighted by Gasteiger charge is 2.32. The number of amides is 1. The van der Waals surface area contributed by atoms with Gasteiger partial charge in [0.25, 0.3) is 5.91 Å². The monoisotopic (exact) mass is 283 g/mol. The average Bonchev–Trinajstić information content (AvgIpc) is 3.02. The lowest BCUT2D eigenvalue weighted by atomic mass is 9.96. The number of aromatic nitrogens is 1. The lowest BCUT2D eigenvalue weighted by Gasteiger charge is -2.30. The van der Waals surface area contributed by atoms with Crippen molar-refractivity contribution in [3.8, 4) is 0 Å². The van der Waals surface area contributed by atoms with E-state index in [1.54, 1.807) is 0 Å². The first-order valence-electron chi connectivity index (χ1n) is 7.80. The van der Waals surface area contributed by atoms with Crippen LogP contribution in [0.5, 0.6) is 0 Å². The molecular formula is C17H21N3O. The van der Waals surface area contributed by atoms with E-state index in [1.807, 2.05) is 18.3 Å². The van der Waals surface area contributed by atoms with Crippen molar-refractivity contribution in [3.63, 3.8) is 0 Å². The van der Waals surface area contributed by atoms with Crippen molar-refractivity contribution in [2.75, 3.05) is 19.6 Å². The molecule has 4 rings (SSSR count). The summed E-state index contributed by atoms with van der Waals surface area (Å²) < 4.78 is 2.07. The van der Waals surface area contributed by atoms with Crippen LogP contribution in [0.25, 0.3) is 5.52 Å². The molecule has 21 heavy (non-hydrogen) atoms. The van der Waals surface area contributed by atoms with Crippen LogP contribution in [0.1, 0.15) is 28.9 Å². The third-order valence-corrected chi connectivity index (χ3v) is 4.92. The zero-order valence-corrected chi connectivity index (χ0v) is 12.4. The predicted octanol–water partition coefficient (Wildman–Crippen LogP) is 2.07. The number of nitrogens with zero attached hydrogens (tertiary/aromatic N) is 2. The van der Waals surface area contributed by atoms with Gasteiger partial charge in [0.2, 0.25) is 0 Å². The average molecular weight is 283 g/mol. The van der Waals surface area contributed by atoms with E-state index < -0.39 is 0 Å². The second-order valence-electron chi connectivity index (χ2n) is 6.51. The van der Waals surface area contributed by atoms with Crippen molar-refractivity contribution < 1.29 is 4.79 Å². The highest BCUT2D eigenvalue weighted by molar-refractivity contribution is 5.94. The standard InChI is InChI=1S/C17H21N3O/c1-12-2-4-16-5-3-14(10-20(12)16)17(21)18-15-8-13-6-7-19(9-13)11-15/h2-5,10,13,15H,6-9,11H2,1H3,(H,18,21)/t13?,15-/m1/s1. The van der Waals surface area contributed by atoms with Gasteiger partial charge in [-0.15, -0.1) is 0 Å². The van der Waals surface area contributed by atoms with E-state index >= 15 is 0 Å². The second kappa shape index (κ2) is 4.88. The van der Waals surface area contributed by atoms with Crippen LogP contribution in [-0.2, 0) is 0 Å². The molecule has 2 fully saturated rings. The number of nitrogens with one attached hydrogen (secondary N) is 1. The highest BCUT2D eigenvalue weighted by atomic mass is 16.1. The van der Waals surface area contributed by atoms with Gasteiger partial charge in [-0.3, -0.25) is 4.79 Å². The minimum Gasteiger partial charge on any atom is -0.348 e. The highest BCUT2D eigenvalue weighted by Crippen LogP contribution is 2.26. The van der Waals surface area contributed by atoms with Gasteiger partial charge in [-0.05, 0) is 56.5 Å². The van der Waals surface area contributed by atoms with Crippen molar-refractivity contribution in [2.24, 2.45) is 5.92 Å². The molecule has 1 N–H and O–H groups in total. The van der Waals surface area contributed by atoms with Crippen LogP contribution in [0, 0.1) is 12.8 Å². The van der Waals surface area contributed by atoms with Gasteiger partial charge in [-0.25, -0.2) is 0 Å². The number of aryl methyl sites for hydroxylation is 1. The molecule has 1 amide bonds. The minimum absolute atomic E-state index is 0.0532. The first-order chi connectivity index (χ1) is 10.2. The molecule has 4 nitrogen and oxygen atoms in total. The van der Waals surface area contributed by atoms with Crippen LogP contribution < -0.4 is 5.32 Å². The van der Waals surface area contributed by atoms with Crippen LogP contribution in [0.15, 0.2) is 30.5 Å². The third-order valence-electron chi connectivity index (χ3n) is 4.92. The van der Waals surface area contributed by atoms with Crippen molar-refractivity contribution in [3.05, 3.63) is 41.7 Å². The van der Waals surface area contributed by atoms with Gasteiger partial charge in [0.15, 0.2) is 0 Å². The second-order valence-corrected chi connectivity index (χ2v) is 6.51. The Morgan fingerprint density at radius 3 is 2.95 bits per heavy atom. The Labute approximate surface area is 124 Å². The smallest absolute Gasteiger partial charge is 0.253 e. The molecular weight excluding hydrogens is 262 g/mol. The Morgan fingerprint density at radius 2 is 2.10 bits per heavy atom. The quantitative estimate of drug-likeness (QED) is 0.916. The van der Waals surface area contributed by atoms with Crippen LogP contribution in [0.4, 0.5) is 0 Å². The largest absolute Gasteiger partial charge is 0.348 e. The van der Waals surface area contributed by atoms with Gasteiger partial charge in [-0.1, -0.05) is 0 Å². The molecule has 2 bridgehead atoms. The van der Waals surface area contributed by atoms with E-state index in [0.717, 1.165) is 35.7 Å². The maximum Gasteiger partial charge on any atom is 0.253 e. The van der Waals surface area contributed by atoms with Crippen LogP contribution in [0.3, 0.4) is 0 Å². The molecule has 0 aromatic carbocycles. The lowest BCUT2D eigenvalue weighted by molar-refractivity contribution is 0.0909. The van der Waals surface area contributed by atoms with Crippen molar-refractivity contribution in [2.45, 2.75) is 25.8 Å². The first-order valence-corrected chi connectivity index (χ1v) is 7.80. The van der Waals surface area contributed by atoms with Crippen molar-refractivity contribution >= 4 is 11.4 Å².